The van der Waals surface area contributed by atoms with Crippen LogP contribution in [0.5, 0.6) is 0 Å². The minimum absolute atomic E-state index is 0.164. The molecule has 7 nitrogen and oxygen atoms in total. The van der Waals surface area contributed by atoms with Gasteiger partial charge in [-0.2, -0.15) is 0 Å². The number of aliphatic hydroxyl groups is 1. The second-order valence-corrected chi connectivity index (χ2v) is 8.79. The van der Waals surface area contributed by atoms with E-state index in [1.807, 2.05) is 0 Å². The largest absolute Gasteiger partial charge is 0.392 e. The second kappa shape index (κ2) is 6.12. The van der Waals surface area contributed by atoms with E-state index in [-0.39, 0.29) is 19.3 Å². The van der Waals surface area contributed by atoms with Crippen molar-refractivity contribution in [1.29, 1.82) is 0 Å². The zero-order valence-corrected chi connectivity index (χ0v) is 15.7. The quantitative estimate of drug-likeness (QED) is 0.451. The lowest BCUT2D eigenvalue weighted by Crippen LogP contribution is -2.62. The van der Waals surface area contributed by atoms with Crippen LogP contribution >= 0.6 is 0 Å². The van der Waals surface area contributed by atoms with Crippen molar-refractivity contribution < 1.29 is 33.8 Å². The molecule has 2 bridgehead atoms. The van der Waals surface area contributed by atoms with Crippen LogP contribution in [0.3, 0.4) is 0 Å². The van der Waals surface area contributed by atoms with Crippen LogP contribution in [0.25, 0.3) is 0 Å². The number of fused-ring (bicyclic) bond motifs is 3. The van der Waals surface area contributed by atoms with Crippen LogP contribution in [0.4, 0.5) is 0 Å². The summed E-state index contributed by atoms with van der Waals surface area (Å²) in [5.41, 5.74) is -2.40. The normalized spacial score (nSPS) is 45.8. The molecule has 0 radical (unpaired) electrons. The molecule has 3 aliphatic carbocycles. The van der Waals surface area contributed by atoms with E-state index in [1.54, 1.807) is 6.92 Å². The van der Waals surface area contributed by atoms with E-state index in [9.17, 15) is 24.3 Å². The van der Waals surface area contributed by atoms with Gasteiger partial charge in [-0.25, -0.2) is 0 Å². The van der Waals surface area contributed by atoms with Gasteiger partial charge in [0.15, 0.2) is 0 Å². The zero-order chi connectivity index (χ0) is 19.6. The molecule has 0 amide bonds. The summed E-state index contributed by atoms with van der Waals surface area (Å²) in [5, 5.41) is 11.1. The summed E-state index contributed by atoms with van der Waals surface area (Å²) in [4.78, 5) is 50.9. The third kappa shape index (κ3) is 2.18. The minimum atomic E-state index is -1.31. The number of hydrogen-bond acceptors (Lipinski definition) is 7. The van der Waals surface area contributed by atoms with Gasteiger partial charge in [0.1, 0.15) is 5.41 Å². The van der Waals surface area contributed by atoms with Gasteiger partial charge in [0.2, 0.25) is 0 Å². The van der Waals surface area contributed by atoms with Crippen LogP contribution in [0.2, 0.25) is 0 Å². The van der Waals surface area contributed by atoms with Gasteiger partial charge in [-0.05, 0) is 37.5 Å². The van der Waals surface area contributed by atoms with Gasteiger partial charge >= 0.3 is 23.9 Å². The Kier molecular flexibility index (Phi) is 4.22. The predicted molar refractivity (Wildman–Crippen MR) is 90.7 cm³/mol. The maximum Gasteiger partial charge on any atom is 0.323 e. The summed E-state index contributed by atoms with van der Waals surface area (Å²) in [6.45, 7) is 3.81. The van der Waals surface area contributed by atoms with E-state index in [4.69, 9.17) is 9.47 Å². The number of ether oxygens (including phenoxy) is 2. The molecule has 5 fully saturated rings. The fourth-order valence-corrected chi connectivity index (χ4v) is 6.37. The lowest BCUT2D eigenvalue weighted by atomic mass is 9.44. The molecular weight excluding hydrogens is 352 g/mol. The average Bonchev–Trinajstić information content (AvgIpc) is 3.01. The summed E-state index contributed by atoms with van der Waals surface area (Å²) < 4.78 is 10.1. The molecule has 0 aromatic heterocycles. The molecular formula is C20H26O7. The number of esters is 4. The van der Waals surface area contributed by atoms with Crippen LogP contribution in [0.1, 0.15) is 58.8 Å². The molecule has 3 saturated carbocycles. The fraction of sp³-hybridized carbons (Fsp3) is 0.800. The van der Waals surface area contributed by atoms with Gasteiger partial charge in [0.25, 0.3) is 0 Å². The summed E-state index contributed by atoms with van der Waals surface area (Å²) in [5.74, 6) is -5.00. The summed E-state index contributed by atoms with van der Waals surface area (Å²) >= 11 is 0. The van der Waals surface area contributed by atoms with Gasteiger partial charge in [-0.3, -0.25) is 19.2 Å². The molecule has 2 saturated heterocycles. The Bertz CT molecular complexity index is 715. The molecule has 7 heteroatoms. The van der Waals surface area contributed by atoms with Crippen molar-refractivity contribution in [3.05, 3.63) is 0 Å². The highest BCUT2D eigenvalue weighted by atomic mass is 16.6. The molecule has 0 aromatic rings. The molecule has 7 unspecified atom stereocenters. The number of carbonyl (C=O) groups is 4. The first-order chi connectivity index (χ1) is 12.8. The van der Waals surface area contributed by atoms with E-state index in [1.165, 1.54) is 0 Å². The third-order valence-electron chi connectivity index (χ3n) is 7.67. The van der Waals surface area contributed by atoms with Crippen LogP contribution < -0.4 is 0 Å². The number of cyclic esters (lactones) is 4. The molecule has 2 spiro atoms. The van der Waals surface area contributed by atoms with Gasteiger partial charge in [-0.1, -0.05) is 33.1 Å². The van der Waals surface area contributed by atoms with Gasteiger partial charge in [-0.15, -0.1) is 0 Å². The Labute approximate surface area is 157 Å². The SMILES string of the molecule is CCCCCC1C2C(=O)OC(=O)C23CCC12C(=O)OC(=O)C2CC(C)C3O. The highest BCUT2D eigenvalue weighted by Crippen LogP contribution is 2.67. The molecule has 0 aromatic carbocycles. The van der Waals surface area contributed by atoms with Crippen LogP contribution in [-0.4, -0.2) is 35.1 Å². The number of carbonyl (C=O) groups excluding carboxylic acids is 4. The fourth-order valence-electron chi connectivity index (χ4n) is 6.37. The number of hydrogen-bond donors (Lipinski definition) is 1. The van der Waals surface area contributed by atoms with Crippen molar-refractivity contribution in [1.82, 2.24) is 0 Å². The smallest absolute Gasteiger partial charge is 0.323 e. The Morgan fingerprint density at radius 3 is 2.33 bits per heavy atom. The number of unbranched alkanes of at least 4 members (excludes halogenated alkanes) is 2. The van der Waals surface area contributed by atoms with Crippen molar-refractivity contribution in [2.45, 2.75) is 64.9 Å². The highest BCUT2D eigenvalue weighted by Gasteiger charge is 2.76. The molecule has 2 aliphatic heterocycles. The van der Waals surface area contributed by atoms with E-state index in [0.717, 1.165) is 19.3 Å². The van der Waals surface area contributed by atoms with E-state index in [2.05, 4.69) is 6.92 Å². The second-order valence-electron chi connectivity index (χ2n) is 8.79. The maximum atomic E-state index is 12.9. The Morgan fingerprint density at radius 1 is 1.00 bits per heavy atom. The van der Waals surface area contributed by atoms with Crippen LogP contribution in [0, 0.1) is 34.5 Å². The average molecular weight is 378 g/mol. The third-order valence-corrected chi connectivity index (χ3v) is 7.67. The molecule has 27 heavy (non-hydrogen) atoms. The molecule has 148 valence electrons. The van der Waals surface area contributed by atoms with Gasteiger partial charge < -0.3 is 14.6 Å². The number of aliphatic hydroxyl groups excluding tert-OH is 1. The van der Waals surface area contributed by atoms with E-state index in [0.29, 0.717) is 6.42 Å². The molecule has 7 atom stereocenters. The first-order valence-electron chi connectivity index (χ1n) is 10.0. The first-order valence-corrected chi connectivity index (χ1v) is 10.0. The maximum absolute atomic E-state index is 12.9. The molecule has 2 heterocycles. The van der Waals surface area contributed by atoms with Crippen LogP contribution in [-0.2, 0) is 28.7 Å². The topological polar surface area (TPSA) is 107 Å². The summed E-state index contributed by atoms with van der Waals surface area (Å²) in [6.07, 6.45) is 2.80. The molecule has 5 rings (SSSR count). The molecule has 5 aliphatic rings. The zero-order valence-electron chi connectivity index (χ0n) is 15.7. The predicted octanol–water partition coefficient (Wildman–Crippen LogP) is 1.75. The van der Waals surface area contributed by atoms with Gasteiger partial charge in [0.05, 0.1) is 23.4 Å². The van der Waals surface area contributed by atoms with Crippen molar-refractivity contribution in [2.24, 2.45) is 34.5 Å². The summed E-state index contributed by atoms with van der Waals surface area (Å²) in [7, 11) is 0. The summed E-state index contributed by atoms with van der Waals surface area (Å²) in [6, 6.07) is 0. The van der Waals surface area contributed by atoms with Crippen molar-refractivity contribution in [3.8, 4) is 0 Å². The Morgan fingerprint density at radius 2 is 1.63 bits per heavy atom. The Balaban J connectivity index is 1.89. The monoisotopic (exact) mass is 378 g/mol. The minimum Gasteiger partial charge on any atom is -0.392 e. The van der Waals surface area contributed by atoms with E-state index < -0.39 is 64.5 Å². The van der Waals surface area contributed by atoms with Crippen molar-refractivity contribution >= 4 is 23.9 Å². The highest BCUT2D eigenvalue weighted by molar-refractivity contribution is 6.04. The van der Waals surface area contributed by atoms with Crippen LogP contribution in [0.15, 0.2) is 0 Å². The Hall–Kier alpha value is -1.76. The van der Waals surface area contributed by atoms with E-state index >= 15 is 0 Å². The van der Waals surface area contributed by atoms with Crippen molar-refractivity contribution in [3.63, 3.8) is 0 Å². The lowest BCUT2D eigenvalue weighted by Gasteiger charge is -2.54. The number of rotatable bonds is 4. The molecule has 1 N–H and O–H groups in total. The lowest BCUT2D eigenvalue weighted by molar-refractivity contribution is -0.183. The van der Waals surface area contributed by atoms with Crippen molar-refractivity contribution in [2.75, 3.05) is 0 Å². The van der Waals surface area contributed by atoms with Gasteiger partial charge in [0, 0.05) is 0 Å². The standard InChI is InChI=1S/C20H26O7/c1-3-4-5-6-11-13-16(23)27-18(25)20(13)8-7-19(11)12(9-10(2)14(20)21)15(22)26-17(19)24/h10-14,21H,3-9H2,1-2H3. The first kappa shape index (κ1) is 18.6.